The predicted molar refractivity (Wildman–Crippen MR) is 125 cm³/mol. The number of benzene rings is 2. The summed E-state index contributed by atoms with van der Waals surface area (Å²) in [6, 6.07) is 15.6. The number of ether oxygens (including phenoxy) is 2. The van der Waals surface area contributed by atoms with E-state index in [1.807, 2.05) is 46.6 Å². The van der Waals surface area contributed by atoms with Crippen molar-refractivity contribution in [3.05, 3.63) is 64.1 Å². The van der Waals surface area contributed by atoms with E-state index >= 15 is 0 Å². The van der Waals surface area contributed by atoms with E-state index in [0.29, 0.717) is 28.8 Å². The van der Waals surface area contributed by atoms with Crippen LogP contribution in [0.5, 0.6) is 11.5 Å². The first kappa shape index (κ1) is 21.7. The van der Waals surface area contributed by atoms with Gasteiger partial charge in [0.2, 0.25) is 0 Å². The molecule has 0 N–H and O–H groups in total. The molecule has 9 heteroatoms. The van der Waals surface area contributed by atoms with E-state index in [4.69, 9.17) is 33.3 Å². The molecule has 3 aromatic rings. The summed E-state index contributed by atoms with van der Waals surface area (Å²) in [4.78, 5) is 4.75. The highest BCUT2D eigenvalue weighted by Gasteiger charge is 2.19. The zero-order valence-electron chi connectivity index (χ0n) is 17.7. The van der Waals surface area contributed by atoms with Crippen LogP contribution < -0.4 is 14.4 Å². The lowest BCUT2D eigenvalue weighted by molar-refractivity contribution is 0.193. The van der Waals surface area contributed by atoms with Gasteiger partial charge in [-0.05, 0) is 48.6 Å². The summed E-state index contributed by atoms with van der Waals surface area (Å²) in [7, 11) is 3.60. The highest BCUT2D eigenvalue weighted by molar-refractivity contribution is 7.71. The fourth-order valence-electron chi connectivity index (χ4n) is 3.58. The molecule has 0 spiro atoms. The molecule has 1 saturated heterocycles. The molecule has 1 aliphatic rings. The maximum absolute atomic E-state index is 6.17. The molecule has 0 bridgehead atoms. The first-order valence-corrected chi connectivity index (χ1v) is 10.9. The lowest BCUT2D eigenvalue weighted by Crippen LogP contribution is -2.47. The van der Waals surface area contributed by atoms with Crippen molar-refractivity contribution in [1.29, 1.82) is 0 Å². The summed E-state index contributed by atoms with van der Waals surface area (Å²) in [5, 5.41) is 5.26. The van der Waals surface area contributed by atoms with Gasteiger partial charge in [0.05, 0.1) is 18.8 Å². The summed E-state index contributed by atoms with van der Waals surface area (Å²) < 4.78 is 15.5. The maximum atomic E-state index is 6.17. The third-order valence-corrected chi connectivity index (χ3v) is 6.27. The van der Waals surface area contributed by atoms with E-state index in [2.05, 4.69) is 27.0 Å². The molecule has 31 heavy (non-hydrogen) atoms. The lowest BCUT2D eigenvalue weighted by atomic mass is 10.2. The average molecular weight is 460 g/mol. The van der Waals surface area contributed by atoms with E-state index in [1.165, 1.54) is 5.69 Å². The van der Waals surface area contributed by atoms with Crippen LogP contribution in [-0.2, 0) is 20.3 Å². The monoisotopic (exact) mass is 459 g/mol. The summed E-state index contributed by atoms with van der Waals surface area (Å²) in [6.07, 6.45) is 0. The summed E-state index contributed by atoms with van der Waals surface area (Å²) >= 11 is 11.8. The van der Waals surface area contributed by atoms with Gasteiger partial charge >= 0.3 is 0 Å². The van der Waals surface area contributed by atoms with Crippen molar-refractivity contribution in [3.63, 3.8) is 0 Å². The molecule has 0 amide bonds. The van der Waals surface area contributed by atoms with Gasteiger partial charge in [0.15, 0.2) is 10.6 Å². The molecule has 164 valence electrons. The zero-order valence-corrected chi connectivity index (χ0v) is 19.3. The molecule has 0 unspecified atom stereocenters. The van der Waals surface area contributed by atoms with E-state index in [0.717, 1.165) is 37.8 Å². The van der Waals surface area contributed by atoms with Gasteiger partial charge in [-0.25, -0.2) is 4.68 Å². The molecule has 1 aliphatic heterocycles. The molecule has 1 aromatic heterocycles. The topological polar surface area (TPSA) is 47.7 Å². The smallest absolute Gasteiger partial charge is 0.198 e. The molecule has 0 saturated carbocycles. The van der Waals surface area contributed by atoms with Crippen LogP contribution in [0.3, 0.4) is 0 Å². The Labute approximate surface area is 192 Å². The summed E-state index contributed by atoms with van der Waals surface area (Å²) in [5.74, 6) is 2.28. The van der Waals surface area contributed by atoms with Crippen molar-refractivity contribution in [2.75, 3.05) is 38.2 Å². The Balaban J connectivity index is 1.35. The zero-order chi connectivity index (χ0) is 21.8. The van der Waals surface area contributed by atoms with Crippen molar-refractivity contribution in [2.45, 2.75) is 13.3 Å². The Bertz CT molecular complexity index is 1070. The number of hydrogen-bond acceptors (Lipinski definition) is 6. The van der Waals surface area contributed by atoms with Crippen molar-refractivity contribution in [3.8, 4) is 11.5 Å². The van der Waals surface area contributed by atoms with E-state index in [1.54, 1.807) is 13.2 Å². The highest BCUT2D eigenvalue weighted by Crippen LogP contribution is 2.24. The Kier molecular flexibility index (Phi) is 6.80. The van der Waals surface area contributed by atoms with Crippen molar-refractivity contribution < 1.29 is 9.47 Å². The molecular formula is C22H26ClN5O2S. The first-order chi connectivity index (χ1) is 15.0. The van der Waals surface area contributed by atoms with Crippen molar-refractivity contribution >= 4 is 29.5 Å². The van der Waals surface area contributed by atoms with Gasteiger partial charge in [0.25, 0.3) is 0 Å². The molecule has 4 rings (SSSR count). The Morgan fingerprint density at radius 3 is 2.42 bits per heavy atom. The molecular weight excluding hydrogens is 434 g/mol. The van der Waals surface area contributed by atoms with Crippen molar-refractivity contribution in [1.82, 2.24) is 19.2 Å². The van der Waals surface area contributed by atoms with Crippen LogP contribution in [0, 0.1) is 4.77 Å². The van der Waals surface area contributed by atoms with Gasteiger partial charge in [-0.1, -0.05) is 23.7 Å². The van der Waals surface area contributed by atoms with Crippen LogP contribution in [0.25, 0.3) is 0 Å². The Morgan fingerprint density at radius 1 is 1.03 bits per heavy atom. The number of nitrogens with zero attached hydrogens (tertiary/aromatic N) is 5. The third kappa shape index (κ3) is 5.03. The highest BCUT2D eigenvalue weighted by atomic mass is 35.5. The molecule has 0 aliphatic carbocycles. The number of halogens is 1. The number of piperazine rings is 1. The van der Waals surface area contributed by atoms with Gasteiger partial charge in [-0.3, -0.25) is 4.90 Å². The van der Waals surface area contributed by atoms with Crippen LogP contribution in [-0.4, -0.2) is 52.5 Å². The predicted octanol–water partition coefficient (Wildman–Crippen LogP) is 3.97. The van der Waals surface area contributed by atoms with E-state index in [9.17, 15) is 0 Å². The minimum atomic E-state index is 0.308. The number of anilines is 1. The standard InChI is InChI=1S/C22H26ClN5O2S/c1-25-21(15-30-20-6-4-3-5-19(20)23)24-28(22(25)31)16-26-11-13-27(14-12-26)17-7-9-18(29-2)10-8-17/h3-10H,11-16H2,1-2H3. The minimum absolute atomic E-state index is 0.308. The largest absolute Gasteiger partial charge is 0.497 e. The van der Waals surface area contributed by atoms with Crippen molar-refractivity contribution in [2.24, 2.45) is 7.05 Å². The second kappa shape index (κ2) is 9.72. The quantitative estimate of drug-likeness (QED) is 0.498. The molecule has 2 heterocycles. The molecule has 7 nitrogen and oxygen atoms in total. The third-order valence-electron chi connectivity index (χ3n) is 5.47. The fraction of sp³-hybridized carbons (Fsp3) is 0.364. The molecule has 0 radical (unpaired) electrons. The molecule has 1 fully saturated rings. The SMILES string of the molecule is COc1ccc(N2CCN(Cn3nc(COc4ccccc4Cl)n(C)c3=S)CC2)cc1. The fourth-order valence-corrected chi connectivity index (χ4v) is 3.98. The van der Waals surface area contributed by atoms with Gasteiger partial charge in [-0.15, -0.1) is 0 Å². The van der Waals surface area contributed by atoms with Crippen LogP contribution in [0.2, 0.25) is 5.02 Å². The summed E-state index contributed by atoms with van der Waals surface area (Å²) in [5.41, 5.74) is 1.22. The van der Waals surface area contributed by atoms with Crippen LogP contribution >= 0.6 is 23.8 Å². The summed E-state index contributed by atoms with van der Waals surface area (Å²) in [6.45, 7) is 4.76. The van der Waals surface area contributed by atoms with E-state index < -0.39 is 0 Å². The number of methoxy groups -OCH3 is 1. The average Bonchev–Trinajstić information content (AvgIpc) is 3.07. The van der Waals surface area contributed by atoms with Gasteiger partial charge in [0, 0.05) is 38.9 Å². The number of para-hydroxylation sites is 1. The molecule has 2 aromatic carbocycles. The lowest BCUT2D eigenvalue weighted by Gasteiger charge is -2.35. The van der Waals surface area contributed by atoms with Gasteiger partial charge in [0.1, 0.15) is 18.1 Å². The minimum Gasteiger partial charge on any atom is -0.497 e. The Morgan fingerprint density at radius 2 is 1.74 bits per heavy atom. The van der Waals surface area contributed by atoms with Crippen LogP contribution in [0.15, 0.2) is 48.5 Å². The van der Waals surface area contributed by atoms with Gasteiger partial charge in [-0.2, -0.15) is 5.10 Å². The number of hydrogen-bond donors (Lipinski definition) is 0. The van der Waals surface area contributed by atoms with E-state index in [-0.39, 0.29) is 0 Å². The second-order valence-corrected chi connectivity index (χ2v) is 8.19. The maximum Gasteiger partial charge on any atom is 0.198 e. The molecule has 0 atom stereocenters. The Hall–Kier alpha value is -2.55. The second-order valence-electron chi connectivity index (χ2n) is 7.42. The number of aromatic nitrogens is 3. The first-order valence-electron chi connectivity index (χ1n) is 10.2. The van der Waals surface area contributed by atoms with Crippen LogP contribution in [0.4, 0.5) is 5.69 Å². The number of rotatable bonds is 7. The van der Waals surface area contributed by atoms with Gasteiger partial charge < -0.3 is 18.9 Å². The normalized spacial score (nSPS) is 14.6. The van der Waals surface area contributed by atoms with Crippen LogP contribution in [0.1, 0.15) is 5.82 Å².